The minimum atomic E-state index is -0.371. The van der Waals surface area contributed by atoms with Gasteiger partial charge in [-0.25, -0.2) is 0 Å². The van der Waals surface area contributed by atoms with Crippen LogP contribution >= 0.6 is 0 Å². The fourth-order valence-electron chi connectivity index (χ4n) is 6.55. The molecule has 5 rings (SSSR count). The van der Waals surface area contributed by atoms with E-state index in [2.05, 4.69) is 22.3 Å². The smallest absolute Gasteiger partial charge is 0.254 e. The van der Waals surface area contributed by atoms with Gasteiger partial charge in [0.25, 0.3) is 5.91 Å². The Morgan fingerprint density at radius 3 is 2.34 bits per heavy atom. The minimum absolute atomic E-state index is 0.0867. The van der Waals surface area contributed by atoms with E-state index in [9.17, 15) is 9.59 Å². The molecule has 1 heterocycles. The monoisotopic (exact) mass is 430 g/mol. The van der Waals surface area contributed by atoms with E-state index in [1.165, 1.54) is 24.8 Å². The van der Waals surface area contributed by atoms with E-state index in [0.29, 0.717) is 6.54 Å². The molecule has 3 aliphatic rings. The largest absolute Gasteiger partial charge is 0.355 e. The van der Waals surface area contributed by atoms with Gasteiger partial charge in [-0.2, -0.15) is 0 Å². The third kappa shape index (κ3) is 3.74. The molecule has 0 bridgehead atoms. The molecule has 2 fully saturated rings. The van der Waals surface area contributed by atoms with E-state index in [1.807, 2.05) is 42.5 Å². The molecule has 4 heteroatoms. The number of hydrogen-bond donors (Lipinski definition) is 1. The van der Waals surface area contributed by atoms with Gasteiger partial charge in [-0.05, 0) is 49.3 Å². The first-order chi connectivity index (χ1) is 15.7. The molecule has 1 aliphatic heterocycles. The molecule has 2 saturated carbocycles. The molecular weight excluding hydrogens is 396 g/mol. The van der Waals surface area contributed by atoms with Crippen molar-refractivity contribution >= 4 is 11.8 Å². The lowest BCUT2D eigenvalue weighted by atomic mass is 9.69. The molecule has 4 nitrogen and oxygen atoms in total. The number of amides is 2. The van der Waals surface area contributed by atoms with Crippen LogP contribution in [0.2, 0.25) is 0 Å². The van der Waals surface area contributed by atoms with Gasteiger partial charge in [0.1, 0.15) is 0 Å². The van der Waals surface area contributed by atoms with E-state index >= 15 is 0 Å². The standard InChI is InChI=1S/C28H34N2O2/c31-26(29-20-17-21-11-3-1-4-12-21)25-23-15-7-8-16-24(23)27(32)30(22-13-5-2-6-14-22)28(25)18-9-10-19-28/h1,3-4,7-8,11-12,15-16,22,25H,2,5-6,9-10,13-14,17-20H2,(H,29,31)/t25-/m0/s1. The fraction of sp³-hybridized carbons (Fsp3) is 0.500. The maximum Gasteiger partial charge on any atom is 0.254 e. The predicted molar refractivity (Wildman–Crippen MR) is 127 cm³/mol. The summed E-state index contributed by atoms with van der Waals surface area (Å²) < 4.78 is 0. The van der Waals surface area contributed by atoms with Crippen molar-refractivity contribution in [2.45, 2.75) is 81.7 Å². The Kier molecular flexibility index (Phi) is 6.03. The van der Waals surface area contributed by atoms with Crippen LogP contribution in [0, 0.1) is 0 Å². The van der Waals surface area contributed by atoms with Gasteiger partial charge < -0.3 is 10.2 Å². The molecule has 0 unspecified atom stereocenters. The average Bonchev–Trinajstić information content (AvgIpc) is 3.30. The maximum atomic E-state index is 13.8. The highest BCUT2D eigenvalue weighted by molar-refractivity contribution is 6.02. The number of fused-ring (bicyclic) bond motifs is 1. The maximum absolute atomic E-state index is 13.8. The second kappa shape index (κ2) is 9.09. The minimum Gasteiger partial charge on any atom is -0.355 e. The Balaban J connectivity index is 1.47. The van der Waals surface area contributed by atoms with Gasteiger partial charge in [-0.3, -0.25) is 9.59 Å². The van der Waals surface area contributed by atoms with Crippen LogP contribution in [0.15, 0.2) is 54.6 Å². The Morgan fingerprint density at radius 2 is 1.59 bits per heavy atom. The predicted octanol–water partition coefficient (Wildman–Crippen LogP) is 5.23. The molecule has 1 N–H and O–H groups in total. The lowest BCUT2D eigenvalue weighted by Crippen LogP contribution is -2.63. The molecule has 0 aromatic heterocycles. The summed E-state index contributed by atoms with van der Waals surface area (Å²) in [5.41, 5.74) is 2.53. The Morgan fingerprint density at radius 1 is 0.906 bits per heavy atom. The van der Waals surface area contributed by atoms with Crippen LogP contribution in [0.5, 0.6) is 0 Å². The zero-order valence-electron chi connectivity index (χ0n) is 18.9. The van der Waals surface area contributed by atoms with Crippen molar-refractivity contribution in [2.75, 3.05) is 6.54 Å². The van der Waals surface area contributed by atoms with Gasteiger partial charge in [-0.1, -0.05) is 80.6 Å². The van der Waals surface area contributed by atoms with Crippen LogP contribution in [0.25, 0.3) is 0 Å². The molecular formula is C28H34N2O2. The Hall–Kier alpha value is -2.62. The second-order valence-corrected chi connectivity index (χ2v) is 9.82. The number of nitrogens with one attached hydrogen (secondary N) is 1. The number of benzene rings is 2. The highest BCUT2D eigenvalue weighted by Crippen LogP contribution is 2.52. The van der Waals surface area contributed by atoms with Crippen molar-refractivity contribution < 1.29 is 9.59 Å². The topological polar surface area (TPSA) is 49.4 Å². The molecule has 168 valence electrons. The van der Waals surface area contributed by atoms with Crippen LogP contribution in [0.4, 0.5) is 0 Å². The van der Waals surface area contributed by atoms with E-state index in [-0.39, 0.29) is 29.3 Å². The molecule has 2 amide bonds. The van der Waals surface area contributed by atoms with Crippen molar-refractivity contribution in [3.05, 3.63) is 71.3 Å². The molecule has 0 radical (unpaired) electrons. The quantitative estimate of drug-likeness (QED) is 0.706. The number of carbonyl (C=O) groups is 2. The summed E-state index contributed by atoms with van der Waals surface area (Å²) in [5, 5.41) is 3.25. The number of rotatable bonds is 5. The van der Waals surface area contributed by atoms with Crippen molar-refractivity contribution in [3.63, 3.8) is 0 Å². The van der Waals surface area contributed by atoms with Gasteiger partial charge in [0.2, 0.25) is 5.91 Å². The molecule has 0 saturated heterocycles. The highest BCUT2D eigenvalue weighted by atomic mass is 16.2. The summed E-state index contributed by atoms with van der Waals surface area (Å²) in [6.45, 7) is 0.620. The van der Waals surface area contributed by atoms with Gasteiger partial charge in [0.15, 0.2) is 0 Å². The van der Waals surface area contributed by atoms with Crippen LogP contribution < -0.4 is 5.32 Å². The van der Waals surface area contributed by atoms with Gasteiger partial charge in [-0.15, -0.1) is 0 Å². The highest BCUT2D eigenvalue weighted by Gasteiger charge is 2.57. The summed E-state index contributed by atoms with van der Waals surface area (Å²) in [6.07, 6.45) is 10.6. The van der Waals surface area contributed by atoms with Crippen molar-refractivity contribution in [1.82, 2.24) is 10.2 Å². The van der Waals surface area contributed by atoms with E-state index in [4.69, 9.17) is 0 Å². The lowest BCUT2D eigenvalue weighted by molar-refractivity contribution is -0.127. The van der Waals surface area contributed by atoms with Crippen molar-refractivity contribution in [3.8, 4) is 0 Å². The van der Waals surface area contributed by atoms with E-state index in [1.54, 1.807) is 0 Å². The molecule has 32 heavy (non-hydrogen) atoms. The molecule has 1 atom stereocenters. The van der Waals surface area contributed by atoms with Crippen LogP contribution in [-0.2, 0) is 11.2 Å². The van der Waals surface area contributed by atoms with Gasteiger partial charge >= 0.3 is 0 Å². The fourth-order valence-corrected chi connectivity index (χ4v) is 6.55. The first-order valence-corrected chi connectivity index (χ1v) is 12.4. The van der Waals surface area contributed by atoms with Crippen LogP contribution in [0.1, 0.15) is 85.2 Å². The molecule has 2 aliphatic carbocycles. The molecule has 2 aromatic carbocycles. The summed E-state index contributed by atoms with van der Waals surface area (Å²) >= 11 is 0. The second-order valence-electron chi connectivity index (χ2n) is 9.82. The summed E-state index contributed by atoms with van der Waals surface area (Å²) in [7, 11) is 0. The zero-order valence-corrected chi connectivity index (χ0v) is 18.9. The number of carbonyl (C=O) groups excluding carboxylic acids is 2. The molecule has 2 aromatic rings. The normalized spacial score (nSPS) is 22.7. The first kappa shape index (κ1) is 21.2. The lowest BCUT2D eigenvalue weighted by Gasteiger charge is -2.54. The van der Waals surface area contributed by atoms with Gasteiger partial charge in [0, 0.05) is 18.2 Å². The Bertz CT molecular complexity index is 958. The Labute approximate surface area is 191 Å². The number of hydrogen-bond acceptors (Lipinski definition) is 2. The van der Waals surface area contributed by atoms with Crippen LogP contribution in [-0.4, -0.2) is 34.8 Å². The van der Waals surface area contributed by atoms with Crippen molar-refractivity contribution in [2.24, 2.45) is 0 Å². The van der Waals surface area contributed by atoms with Gasteiger partial charge in [0.05, 0.1) is 11.5 Å². The summed E-state index contributed by atoms with van der Waals surface area (Å²) in [5.74, 6) is -0.0390. The zero-order chi connectivity index (χ0) is 22.0. The average molecular weight is 431 g/mol. The third-order valence-corrected chi connectivity index (χ3v) is 7.97. The number of nitrogens with zero attached hydrogens (tertiary/aromatic N) is 1. The van der Waals surface area contributed by atoms with Crippen molar-refractivity contribution in [1.29, 1.82) is 0 Å². The SMILES string of the molecule is O=C(NCCc1ccccc1)[C@@H]1c2ccccc2C(=O)N(C2CCCCC2)C12CCCC2. The first-order valence-electron chi connectivity index (χ1n) is 12.4. The third-order valence-electron chi connectivity index (χ3n) is 7.97. The van der Waals surface area contributed by atoms with E-state index < -0.39 is 0 Å². The summed E-state index contributed by atoms with van der Waals surface area (Å²) in [6, 6.07) is 18.4. The van der Waals surface area contributed by atoms with Crippen LogP contribution in [0.3, 0.4) is 0 Å². The molecule has 1 spiro atoms. The van der Waals surface area contributed by atoms with E-state index in [0.717, 1.165) is 56.1 Å². The summed E-state index contributed by atoms with van der Waals surface area (Å²) in [4.78, 5) is 29.8.